The van der Waals surface area contributed by atoms with Crippen molar-refractivity contribution in [2.75, 3.05) is 0 Å². The monoisotopic (exact) mass is 363 g/mol. The molecule has 1 amide bonds. The maximum Gasteiger partial charge on any atom is 0.255 e. The number of carbonyl (C=O) groups excluding carboxylic acids is 1. The van der Waals surface area contributed by atoms with E-state index < -0.39 is 0 Å². The van der Waals surface area contributed by atoms with Crippen LogP contribution in [0.1, 0.15) is 74.6 Å². The second kappa shape index (κ2) is 6.99. The maximum atomic E-state index is 12.5. The fourth-order valence-corrected chi connectivity index (χ4v) is 4.18. The SMILES string of the molecule is CC(C)(C)c1nc2cc(C(=O)NC3=CC=C3)ccn2c1CC1CCCCC1. The van der Waals surface area contributed by atoms with Crippen LogP contribution in [0.3, 0.4) is 0 Å². The number of allylic oxidation sites excluding steroid dienone is 3. The van der Waals surface area contributed by atoms with Crippen LogP contribution in [0, 0.1) is 5.92 Å². The van der Waals surface area contributed by atoms with Gasteiger partial charge in [0.05, 0.1) is 5.69 Å². The molecule has 0 saturated heterocycles. The summed E-state index contributed by atoms with van der Waals surface area (Å²) in [4.78, 5) is 17.4. The molecule has 4 rings (SSSR count). The van der Waals surface area contributed by atoms with Crippen molar-refractivity contribution in [3.8, 4) is 0 Å². The van der Waals surface area contributed by atoms with Crippen LogP contribution in [0.5, 0.6) is 0 Å². The van der Waals surface area contributed by atoms with Crippen molar-refractivity contribution < 1.29 is 4.79 Å². The Labute approximate surface area is 161 Å². The van der Waals surface area contributed by atoms with Crippen LogP contribution in [-0.2, 0) is 11.8 Å². The number of aromatic nitrogens is 2. The van der Waals surface area contributed by atoms with Crippen LogP contribution in [0.15, 0.2) is 42.3 Å². The van der Waals surface area contributed by atoms with Crippen LogP contribution in [0.4, 0.5) is 0 Å². The van der Waals surface area contributed by atoms with Gasteiger partial charge in [-0.1, -0.05) is 59.0 Å². The number of carbonyl (C=O) groups is 1. The molecule has 1 fully saturated rings. The zero-order valence-corrected chi connectivity index (χ0v) is 16.6. The highest BCUT2D eigenvalue weighted by atomic mass is 16.1. The summed E-state index contributed by atoms with van der Waals surface area (Å²) in [5.74, 6) is 0.669. The Balaban J connectivity index is 1.68. The van der Waals surface area contributed by atoms with E-state index in [0.717, 1.165) is 29.4 Å². The quantitative estimate of drug-likeness (QED) is 0.836. The van der Waals surface area contributed by atoms with Gasteiger partial charge < -0.3 is 9.72 Å². The number of hydrogen-bond donors (Lipinski definition) is 1. The fraction of sp³-hybridized carbons (Fsp3) is 0.478. The van der Waals surface area contributed by atoms with Crippen LogP contribution >= 0.6 is 0 Å². The Bertz CT molecular complexity index is 921. The number of nitrogens with one attached hydrogen (secondary N) is 1. The summed E-state index contributed by atoms with van der Waals surface area (Å²) in [6.07, 6.45) is 15.5. The molecule has 1 N–H and O–H groups in total. The lowest BCUT2D eigenvalue weighted by atomic mass is 9.83. The number of hydrogen-bond acceptors (Lipinski definition) is 2. The van der Waals surface area contributed by atoms with Crippen molar-refractivity contribution in [3.63, 3.8) is 0 Å². The van der Waals surface area contributed by atoms with Crippen molar-refractivity contribution in [1.82, 2.24) is 14.7 Å². The van der Waals surface area contributed by atoms with E-state index in [1.54, 1.807) is 0 Å². The topological polar surface area (TPSA) is 46.4 Å². The summed E-state index contributed by atoms with van der Waals surface area (Å²) in [5.41, 5.74) is 4.85. The molecule has 0 aromatic carbocycles. The first-order chi connectivity index (χ1) is 12.9. The molecule has 2 aromatic heterocycles. The molecule has 0 bridgehead atoms. The van der Waals surface area contributed by atoms with Gasteiger partial charge >= 0.3 is 0 Å². The molecule has 4 heteroatoms. The Morgan fingerprint density at radius 3 is 2.63 bits per heavy atom. The van der Waals surface area contributed by atoms with Crippen molar-refractivity contribution in [3.05, 3.63) is 59.2 Å². The number of imidazole rings is 1. The van der Waals surface area contributed by atoms with E-state index in [1.165, 1.54) is 37.8 Å². The molecular weight excluding hydrogens is 334 g/mol. The van der Waals surface area contributed by atoms with Crippen LogP contribution in [-0.4, -0.2) is 15.3 Å². The molecule has 2 aliphatic rings. The number of rotatable bonds is 4. The van der Waals surface area contributed by atoms with Crippen molar-refractivity contribution in [2.24, 2.45) is 5.92 Å². The zero-order valence-electron chi connectivity index (χ0n) is 16.6. The van der Waals surface area contributed by atoms with Crippen LogP contribution in [0.25, 0.3) is 5.65 Å². The molecule has 0 aliphatic heterocycles. The van der Waals surface area contributed by atoms with Gasteiger partial charge in [-0.15, -0.1) is 0 Å². The molecule has 0 spiro atoms. The van der Waals surface area contributed by atoms with Crippen LogP contribution < -0.4 is 5.32 Å². The van der Waals surface area contributed by atoms with E-state index in [0.29, 0.717) is 5.56 Å². The third-order valence-electron chi connectivity index (χ3n) is 5.71. The van der Waals surface area contributed by atoms with Crippen molar-refractivity contribution >= 4 is 11.6 Å². The van der Waals surface area contributed by atoms with Gasteiger partial charge in [0.2, 0.25) is 0 Å². The van der Waals surface area contributed by atoms with E-state index in [4.69, 9.17) is 4.98 Å². The van der Waals surface area contributed by atoms with Gasteiger partial charge in [-0.3, -0.25) is 4.79 Å². The lowest BCUT2D eigenvalue weighted by molar-refractivity contribution is 0.0967. The maximum absolute atomic E-state index is 12.5. The molecule has 2 aliphatic carbocycles. The fourth-order valence-electron chi connectivity index (χ4n) is 4.18. The van der Waals surface area contributed by atoms with Crippen molar-refractivity contribution in [1.29, 1.82) is 0 Å². The van der Waals surface area contributed by atoms with Gasteiger partial charge in [-0.05, 0) is 36.6 Å². The van der Waals surface area contributed by atoms with E-state index in [-0.39, 0.29) is 11.3 Å². The first-order valence-electron chi connectivity index (χ1n) is 10.1. The minimum absolute atomic E-state index is 0.0139. The van der Waals surface area contributed by atoms with Crippen LogP contribution in [0.2, 0.25) is 0 Å². The molecule has 2 aromatic rings. The first kappa shape index (κ1) is 18.0. The smallest absolute Gasteiger partial charge is 0.255 e. The summed E-state index contributed by atoms with van der Waals surface area (Å²) < 4.78 is 2.20. The van der Waals surface area contributed by atoms with Gasteiger partial charge in [0.15, 0.2) is 0 Å². The number of fused-ring (bicyclic) bond motifs is 1. The Morgan fingerprint density at radius 1 is 1.26 bits per heavy atom. The normalized spacial score (nSPS) is 17.7. The summed E-state index contributed by atoms with van der Waals surface area (Å²) in [6, 6.07) is 3.82. The number of nitrogens with zero attached hydrogens (tertiary/aromatic N) is 2. The standard InChI is InChI=1S/C23H29N3O/c1-23(2,3)21-19(14-16-8-5-4-6-9-16)26-13-12-17(15-20(26)25-21)22(27)24-18-10-7-11-18/h7,10-13,15-16H,4-6,8-9,14H2,1-3H3,(H,24,27). The first-order valence-corrected chi connectivity index (χ1v) is 10.1. The second-order valence-corrected chi connectivity index (χ2v) is 8.94. The molecule has 0 atom stereocenters. The van der Waals surface area contributed by atoms with E-state index in [1.807, 2.05) is 36.6 Å². The molecule has 1 saturated carbocycles. The summed E-state index contributed by atoms with van der Waals surface area (Å²) in [5, 5.41) is 2.91. The van der Waals surface area contributed by atoms with Gasteiger partial charge in [-0.2, -0.15) is 0 Å². The largest absolute Gasteiger partial charge is 0.322 e. The van der Waals surface area contributed by atoms with Gasteiger partial charge in [-0.25, -0.2) is 4.98 Å². The summed E-state index contributed by atoms with van der Waals surface area (Å²) in [7, 11) is 0. The Morgan fingerprint density at radius 2 is 2.00 bits per heavy atom. The average Bonchev–Trinajstić information content (AvgIpc) is 2.97. The van der Waals surface area contributed by atoms with Gasteiger partial charge in [0.25, 0.3) is 5.91 Å². The molecule has 4 nitrogen and oxygen atoms in total. The lowest BCUT2D eigenvalue weighted by Gasteiger charge is -2.24. The van der Waals surface area contributed by atoms with E-state index in [2.05, 4.69) is 30.5 Å². The highest BCUT2D eigenvalue weighted by Crippen LogP contribution is 2.32. The number of amides is 1. The van der Waals surface area contributed by atoms with Gasteiger partial charge in [0.1, 0.15) is 5.65 Å². The summed E-state index contributed by atoms with van der Waals surface area (Å²) >= 11 is 0. The molecule has 27 heavy (non-hydrogen) atoms. The molecule has 142 valence electrons. The van der Waals surface area contributed by atoms with E-state index in [9.17, 15) is 4.79 Å². The number of pyridine rings is 1. The second-order valence-electron chi connectivity index (χ2n) is 8.94. The third kappa shape index (κ3) is 3.71. The molecule has 2 heterocycles. The Hall–Kier alpha value is -2.36. The highest BCUT2D eigenvalue weighted by molar-refractivity contribution is 5.96. The average molecular weight is 364 g/mol. The predicted octanol–water partition coefficient (Wildman–Crippen LogP) is 4.94. The van der Waals surface area contributed by atoms with Crippen molar-refractivity contribution in [2.45, 2.75) is 64.7 Å². The minimum atomic E-state index is -0.0813. The summed E-state index contributed by atoms with van der Waals surface area (Å²) in [6.45, 7) is 6.67. The minimum Gasteiger partial charge on any atom is -0.322 e. The van der Waals surface area contributed by atoms with Gasteiger partial charge in [0, 0.05) is 28.6 Å². The Kier molecular flexibility index (Phi) is 4.67. The highest BCUT2D eigenvalue weighted by Gasteiger charge is 2.26. The predicted molar refractivity (Wildman–Crippen MR) is 109 cm³/mol. The lowest BCUT2D eigenvalue weighted by Crippen LogP contribution is -2.23. The zero-order chi connectivity index (χ0) is 19.0. The molecular formula is C23H29N3O. The third-order valence-corrected chi connectivity index (χ3v) is 5.71. The molecule has 0 radical (unpaired) electrons. The van der Waals surface area contributed by atoms with E-state index >= 15 is 0 Å². The molecule has 0 unspecified atom stereocenters.